The fourth-order valence-electron chi connectivity index (χ4n) is 4.48. The van der Waals surface area contributed by atoms with Gasteiger partial charge in [0.15, 0.2) is 0 Å². The SMILES string of the molecule is CCCN1CCC(NC2CCCC2C2COCCN2)CC1. The average molecular weight is 295 g/mol. The van der Waals surface area contributed by atoms with E-state index < -0.39 is 0 Å². The third-order valence-electron chi connectivity index (χ3n) is 5.61. The summed E-state index contributed by atoms with van der Waals surface area (Å²) in [5, 5.41) is 7.68. The van der Waals surface area contributed by atoms with Crippen molar-refractivity contribution in [2.24, 2.45) is 5.92 Å². The van der Waals surface area contributed by atoms with Crippen molar-refractivity contribution in [3.05, 3.63) is 0 Å². The van der Waals surface area contributed by atoms with Crippen molar-refractivity contribution in [1.29, 1.82) is 0 Å². The monoisotopic (exact) mass is 295 g/mol. The fraction of sp³-hybridized carbons (Fsp3) is 1.00. The van der Waals surface area contributed by atoms with Crippen LogP contribution in [-0.2, 0) is 4.74 Å². The van der Waals surface area contributed by atoms with Crippen LogP contribution in [0.2, 0.25) is 0 Å². The van der Waals surface area contributed by atoms with Gasteiger partial charge < -0.3 is 20.3 Å². The number of hydrogen-bond donors (Lipinski definition) is 2. The van der Waals surface area contributed by atoms with Crippen molar-refractivity contribution in [3.8, 4) is 0 Å². The van der Waals surface area contributed by atoms with Crippen LogP contribution in [0.4, 0.5) is 0 Å². The van der Waals surface area contributed by atoms with Gasteiger partial charge in [-0.1, -0.05) is 13.3 Å². The van der Waals surface area contributed by atoms with E-state index in [1.54, 1.807) is 0 Å². The molecule has 0 aromatic heterocycles. The van der Waals surface area contributed by atoms with E-state index in [1.165, 1.54) is 58.2 Å². The normalized spacial score (nSPS) is 36.1. The Balaban J connectivity index is 1.45. The lowest BCUT2D eigenvalue weighted by Crippen LogP contribution is -2.53. The molecule has 1 saturated carbocycles. The Morgan fingerprint density at radius 3 is 2.76 bits per heavy atom. The molecule has 2 N–H and O–H groups in total. The number of ether oxygens (including phenoxy) is 1. The van der Waals surface area contributed by atoms with E-state index >= 15 is 0 Å². The van der Waals surface area contributed by atoms with Crippen LogP contribution >= 0.6 is 0 Å². The first kappa shape index (κ1) is 15.7. The van der Waals surface area contributed by atoms with Crippen molar-refractivity contribution in [3.63, 3.8) is 0 Å². The van der Waals surface area contributed by atoms with Gasteiger partial charge in [-0.3, -0.25) is 0 Å². The van der Waals surface area contributed by atoms with Gasteiger partial charge in [0, 0.05) is 24.7 Å². The Morgan fingerprint density at radius 1 is 1.19 bits per heavy atom. The number of likely N-dealkylation sites (tertiary alicyclic amines) is 1. The summed E-state index contributed by atoms with van der Waals surface area (Å²) in [4.78, 5) is 2.63. The molecule has 0 bridgehead atoms. The van der Waals surface area contributed by atoms with Gasteiger partial charge in [-0.25, -0.2) is 0 Å². The van der Waals surface area contributed by atoms with Gasteiger partial charge in [-0.05, 0) is 57.7 Å². The number of piperidine rings is 1. The Kier molecular flexibility index (Phi) is 5.92. The zero-order valence-corrected chi connectivity index (χ0v) is 13.7. The largest absolute Gasteiger partial charge is 0.379 e. The van der Waals surface area contributed by atoms with E-state index in [4.69, 9.17) is 4.74 Å². The van der Waals surface area contributed by atoms with Crippen LogP contribution in [-0.4, -0.2) is 62.4 Å². The molecule has 4 nitrogen and oxygen atoms in total. The third-order valence-corrected chi connectivity index (χ3v) is 5.61. The van der Waals surface area contributed by atoms with Gasteiger partial charge >= 0.3 is 0 Å². The van der Waals surface area contributed by atoms with Crippen molar-refractivity contribution < 1.29 is 4.74 Å². The first-order valence-corrected chi connectivity index (χ1v) is 9.16. The highest BCUT2D eigenvalue weighted by atomic mass is 16.5. The maximum absolute atomic E-state index is 5.68. The minimum absolute atomic E-state index is 0.582. The van der Waals surface area contributed by atoms with Gasteiger partial charge in [0.2, 0.25) is 0 Å². The predicted octanol–water partition coefficient (Wildman–Crippen LogP) is 1.61. The maximum atomic E-state index is 5.68. The second kappa shape index (κ2) is 7.91. The molecule has 2 aliphatic heterocycles. The van der Waals surface area contributed by atoms with E-state index in [-0.39, 0.29) is 0 Å². The van der Waals surface area contributed by atoms with E-state index in [1.807, 2.05) is 0 Å². The summed E-state index contributed by atoms with van der Waals surface area (Å²) >= 11 is 0. The van der Waals surface area contributed by atoms with Crippen LogP contribution in [0.15, 0.2) is 0 Å². The van der Waals surface area contributed by atoms with Gasteiger partial charge in [0.05, 0.1) is 13.2 Å². The van der Waals surface area contributed by atoms with Gasteiger partial charge in [-0.2, -0.15) is 0 Å². The van der Waals surface area contributed by atoms with Crippen LogP contribution in [0.5, 0.6) is 0 Å². The zero-order chi connectivity index (χ0) is 14.5. The van der Waals surface area contributed by atoms with Crippen molar-refractivity contribution >= 4 is 0 Å². The maximum Gasteiger partial charge on any atom is 0.0623 e. The number of hydrogen-bond acceptors (Lipinski definition) is 4. The molecular formula is C17H33N3O. The molecule has 0 spiro atoms. The summed E-state index contributed by atoms with van der Waals surface area (Å²) < 4.78 is 5.68. The molecule has 0 amide bonds. The topological polar surface area (TPSA) is 36.5 Å². The highest BCUT2D eigenvalue weighted by Crippen LogP contribution is 2.30. The number of nitrogens with one attached hydrogen (secondary N) is 2. The molecule has 3 aliphatic rings. The van der Waals surface area contributed by atoms with Crippen LogP contribution in [0.3, 0.4) is 0 Å². The lowest BCUT2D eigenvalue weighted by molar-refractivity contribution is 0.0506. The average Bonchev–Trinajstić information content (AvgIpc) is 2.98. The molecule has 2 heterocycles. The molecule has 3 rings (SSSR count). The molecule has 3 fully saturated rings. The Hall–Kier alpha value is -0.160. The smallest absolute Gasteiger partial charge is 0.0623 e. The van der Waals surface area contributed by atoms with E-state index in [0.29, 0.717) is 12.1 Å². The van der Waals surface area contributed by atoms with Crippen LogP contribution in [0.25, 0.3) is 0 Å². The minimum Gasteiger partial charge on any atom is -0.379 e. The molecule has 21 heavy (non-hydrogen) atoms. The second-order valence-electron chi connectivity index (χ2n) is 7.12. The molecule has 3 unspecified atom stereocenters. The molecule has 0 aromatic rings. The lowest BCUT2D eigenvalue weighted by Gasteiger charge is -2.37. The van der Waals surface area contributed by atoms with E-state index in [2.05, 4.69) is 22.5 Å². The first-order valence-electron chi connectivity index (χ1n) is 9.16. The summed E-state index contributed by atoms with van der Waals surface area (Å²) in [6.45, 7) is 8.97. The zero-order valence-electron chi connectivity index (χ0n) is 13.7. The minimum atomic E-state index is 0.582. The molecule has 4 heteroatoms. The lowest BCUT2D eigenvalue weighted by atomic mass is 9.92. The summed E-state index contributed by atoms with van der Waals surface area (Å²) in [6, 6.07) is 2.04. The Labute approximate surface area is 130 Å². The van der Waals surface area contributed by atoms with E-state index in [0.717, 1.165) is 31.7 Å². The standard InChI is InChI=1S/C17H33N3O/c1-2-9-20-10-6-14(7-11-20)19-16-5-3-4-15(16)17-13-21-12-8-18-17/h14-19H,2-13H2,1H3. The Morgan fingerprint density at radius 2 is 2.05 bits per heavy atom. The van der Waals surface area contributed by atoms with Gasteiger partial charge in [0.1, 0.15) is 0 Å². The summed E-state index contributed by atoms with van der Waals surface area (Å²) in [6.07, 6.45) is 8.06. The summed E-state index contributed by atoms with van der Waals surface area (Å²) in [5.41, 5.74) is 0. The number of morpholine rings is 1. The molecule has 0 aromatic carbocycles. The van der Waals surface area contributed by atoms with Gasteiger partial charge in [0.25, 0.3) is 0 Å². The molecular weight excluding hydrogens is 262 g/mol. The summed E-state index contributed by atoms with van der Waals surface area (Å²) in [5.74, 6) is 0.777. The van der Waals surface area contributed by atoms with Crippen LogP contribution in [0, 0.1) is 5.92 Å². The summed E-state index contributed by atoms with van der Waals surface area (Å²) in [7, 11) is 0. The van der Waals surface area contributed by atoms with Crippen molar-refractivity contribution in [2.75, 3.05) is 39.4 Å². The number of nitrogens with zero attached hydrogens (tertiary/aromatic N) is 1. The fourth-order valence-corrected chi connectivity index (χ4v) is 4.48. The van der Waals surface area contributed by atoms with Crippen molar-refractivity contribution in [1.82, 2.24) is 15.5 Å². The van der Waals surface area contributed by atoms with Crippen molar-refractivity contribution in [2.45, 2.75) is 63.6 Å². The van der Waals surface area contributed by atoms with Crippen LogP contribution < -0.4 is 10.6 Å². The second-order valence-corrected chi connectivity index (χ2v) is 7.12. The third kappa shape index (κ3) is 4.19. The van der Waals surface area contributed by atoms with Crippen LogP contribution in [0.1, 0.15) is 45.4 Å². The Bertz CT molecular complexity index is 298. The quantitative estimate of drug-likeness (QED) is 0.808. The molecule has 3 atom stereocenters. The highest BCUT2D eigenvalue weighted by Gasteiger charge is 2.36. The first-order chi connectivity index (χ1) is 10.4. The molecule has 0 radical (unpaired) electrons. The predicted molar refractivity (Wildman–Crippen MR) is 86.6 cm³/mol. The molecule has 2 saturated heterocycles. The highest BCUT2D eigenvalue weighted by molar-refractivity contribution is 4.94. The van der Waals surface area contributed by atoms with E-state index in [9.17, 15) is 0 Å². The van der Waals surface area contributed by atoms with Gasteiger partial charge in [-0.15, -0.1) is 0 Å². The number of rotatable bonds is 5. The molecule has 122 valence electrons. The molecule has 1 aliphatic carbocycles.